The molecule has 18 nitrogen and oxygen atoms in total. The number of likely N-dealkylation sites (N-methyl/N-ethyl adjacent to an activating group) is 2. The van der Waals surface area contributed by atoms with Crippen LogP contribution in [0.25, 0.3) is 10.9 Å². The molecule has 1 aromatic heterocycles. The first-order valence-electron chi connectivity index (χ1n) is 26.8. The zero-order valence-electron chi connectivity index (χ0n) is 47.4. The van der Waals surface area contributed by atoms with Crippen molar-refractivity contribution in [3.63, 3.8) is 0 Å². The highest BCUT2D eigenvalue weighted by molar-refractivity contribution is 6.30. The third-order valence-corrected chi connectivity index (χ3v) is 16.8. The molecule has 0 radical (unpaired) electrons. The monoisotopic (exact) mass is 1080 g/mol. The van der Waals surface area contributed by atoms with E-state index in [1.807, 2.05) is 65.6 Å². The van der Waals surface area contributed by atoms with Crippen LogP contribution >= 0.6 is 11.6 Å². The van der Waals surface area contributed by atoms with Crippen molar-refractivity contribution in [2.75, 3.05) is 34.8 Å². The van der Waals surface area contributed by atoms with Crippen LogP contribution in [0, 0.1) is 35.0 Å². The van der Waals surface area contributed by atoms with Crippen molar-refractivity contribution in [3.8, 4) is 5.75 Å². The van der Waals surface area contributed by atoms with E-state index in [4.69, 9.17) is 44.8 Å². The average Bonchev–Trinajstić information content (AvgIpc) is 3.61. The minimum atomic E-state index is -1.88. The number of ether oxygens (including phenoxy) is 7. The lowest BCUT2D eigenvalue weighted by Gasteiger charge is -2.49. The summed E-state index contributed by atoms with van der Waals surface area (Å²) in [6.45, 7) is 21.7. The Morgan fingerprint density at radius 2 is 1.61 bits per heavy atom. The molecule has 3 aromatic rings. The lowest BCUT2D eigenvalue weighted by molar-refractivity contribution is -0.313. The Morgan fingerprint density at radius 3 is 2.20 bits per heavy atom. The van der Waals surface area contributed by atoms with Crippen molar-refractivity contribution in [2.24, 2.45) is 28.3 Å². The predicted molar refractivity (Wildman–Crippen MR) is 288 cm³/mol. The highest BCUT2D eigenvalue weighted by Crippen LogP contribution is 2.42. The minimum Gasteiger partial charge on any atom is -0.497 e. The van der Waals surface area contributed by atoms with Crippen LogP contribution in [0.1, 0.15) is 123 Å². The van der Waals surface area contributed by atoms with E-state index in [1.54, 1.807) is 95.7 Å². The largest absolute Gasteiger partial charge is 0.497 e. The molecule has 19 heteroatoms. The van der Waals surface area contributed by atoms with Gasteiger partial charge in [0.05, 0.1) is 67.1 Å². The molecule has 3 aliphatic rings. The highest BCUT2D eigenvalue weighted by atomic mass is 35.5. The van der Waals surface area contributed by atoms with Crippen LogP contribution in [0.3, 0.4) is 0 Å². The molecule has 76 heavy (non-hydrogen) atoms. The Kier molecular flexibility index (Phi) is 19.7. The van der Waals surface area contributed by atoms with Crippen molar-refractivity contribution in [2.45, 2.75) is 200 Å². The zero-order valence-corrected chi connectivity index (χ0v) is 48.2. The maximum atomic E-state index is 14.7. The number of hydrogen-bond donors (Lipinski definition) is 3. The summed E-state index contributed by atoms with van der Waals surface area (Å²) in [5, 5.41) is 40.9. The quantitative estimate of drug-likeness (QED) is 0.117. The molecule has 1 unspecified atom stereocenters. The Balaban J connectivity index is 1.43. The molecule has 0 bridgehead atoms. The van der Waals surface area contributed by atoms with Gasteiger partial charge in [-0.15, -0.1) is 0 Å². The summed E-state index contributed by atoms with van der Waals surface area (Å²) >= 11 is 6.18. The van der Waals surface area contributed by atoms with E-state index in [2.05, 4.69) is 5.18 Å². The maximum Gasteiger partial charge on any atom is 0.311 e. The number of nitroso groups, excluding NO2 is 1. The van der Waals surface area contributed by atoms with Gasteiger partial charge in [0.1, 0.15) is 23.5 Å². The second-order valence-electron chi connectivity index (χ2n) is 23.5. The first kappa shape index (κ1) is 61.1. The van der Waals surface area contributed by atoms with Crippen LogP contribution in [-0.2, 0) is 44.4 Å². The van der Waals surface area contributed by atoms with Gasteiger partial charge in [-0.05, 0) is 148 Å². The fraction of sp³-hybridized carbons (Fsp3) is 0.702. The number of aromatic nitrogens is 1. The third-order valence-electron chi connectivity index (χ3n) is 16.5. The van der Waals surface area contributed by atoms with Crippen LogP contribution in [-0.4, -0.2) is 167 Å². The number of rotatable bonds is 12. The van der Waals surface area contributed by atoms with Crippen LogP contribution < -0.4 is 4.74 Å². The molecule has 3 fully saturated rings. The maximum absolute atomic E-state index is 14.7. The topological polar surface area (TPSA) is 217 Å². The van der Waals surface area contributed by atoms with Gasteiger partial charge in [0.15, 0.2) is 18.7 Å². The number of carbonyl (C=O) groups excluding carboxylic acids is 3. The van der Waals surface area contributed by atoms with Crippen LogP contribution in [0.5, 0.6) is 5.75 Å². The van der Waals surface area contributed by atoms with E-state index in [0.29, 0.717) is 51.5 Å². The average molecular weight is 1090 g/mol. The highest BCUT2D eigenvalue weighted by Gasteiger charge is 2.53. The van der Waals surface area contributed by atoms with Crippen LogP contribution in [0.2, 0.25) is 5.02 Å². The standard InChI is InChI=1S/C57H85ClN4O14/c1-17-44-57(12,68)49(59-69)35(7)61(15)29-30(2)27-56(11,67)51(32(4)47(33(5)53(66)73-44)75-46-28-55(9,10)50(64)36(8)72-46)76-54-48(43(60(13)14)24-31(3)71-54)74-45(63)26-40-34(6)62(42-23-22-39(70-16)25-41(40)42)52(65)37-18-20-38(58)21-19-37/h18-23,25,30-33,35-36,43-44,46-51,54,64,67-68H,17,24,26-29H2,1-16H3/t30-,31-,32+,33-,35-,36+,43?,44-,46+,47+,48-,49-,50+,51-,54+,56-,57-/m1/s1. The molecule has 2 aromatic carbocycles. The normalized spacial score (nSPS) is 36.2. The van der Waals surface area contributed by atoms with Gasteiger partial charge in [-0.25, -0.2) is 0 Å². The molecule has 0 amide bonds. The Hall–Kier alpha value is -4.08. The zero-order chi connectivity index (χ0) is 56.5. The van der Waals surface area contributed by atoms with Gasteiger partial charge in [-0.2, -0.15) is 4.91 Å². The van der Waals surface area contributed by atoms with Gasteiger partial charge >= 0.3 is 11.9 Å². The SMILES string of the molecule is CC[C@H]1OC(=O)[C@H](C)[C@@H](O[C@H]2CC(C)(C)[C@@H](O)[C@H](C)O2)[C@H](C)[C@@H](O[C@@H]2O[C@H](C)CC(N(C)C)[C@H]2OC(=O)Cc2c(C)n(C(=O)c3ccc(Cl)cc3)c3ccc(OC)cc23)[C@](C)(O)C[C@@H](C)CN(C)[C@H](C)[C@@H](N=O)[C@]1(C)O. The van der Waals surface area contributed by atoms with E-state index >= 15 is 0 Å². The van der Waals surface area contributed by atoms with Crippen molar-refractivity contribution in [1.82, 2.24) is 14.4 Å². The lowest BCUT2D eigenvalue weighted by Crippen LogP contribution is -2.60. The van der Waals surface area contributed by atoms with E-state index in [-0.39, 0.29) is 37.5 Å². The van der Waals surface area contributed by atoms with Gasteiger partial charge in [0.2, 0.25) is 0 Å². The van der Waals surface area contributed by atoms with Crippen molar-refractivity contribution < 1.29 is 62.9 Å². The number of benzene rings is 2. The van der Waals surface area contributed by atoms with E-state index in [9.17, 15) is 34.6 Å². The number of aliphatic hydroxyl groups excluding tert-OH is 1. The van der Waals surface area contributed by atoms with Gasteiger partial charge in [-0.1, -0.05) is 51.4 Å². The summed E-state index contributed by atoms with van der Waals surface area (Å²) in [5.41, 5.74) is -2.22. The van der Waals surface area contributed by atoms with Gasteiger partial charge in [0, 0.05) is 46.6 Å². The number of esters is 2. The summed E-state index contributed by atoms with van der Waals surface area (Å²) < 4.78 is 47.0. The molecule has 17 atom stereocenters. The van der Waals surface area contributed by atoms with Crippen LogP contribution in [0.4, 0.5) is 0 Å². The molecule has 0 spiro atoms. The first-order valence-corrected chi connectivity index (χ1v) is 27.2. The predicted octanol–water partition coefficient (Wildman–Crippen LogP) is 7.70. The summed E-state index contributed by atoms with van der Waals surface area (Å²) in [6, 6.07) is 9.61. The molecule has 3 saturated heterocycles. The van der Waals surface area contributed by atoms with E-state index in [0.717, 1.165) is 0 Å². The van der Waals surface area contributed by atoms with E-state index < -0.39 is 114 Å². The molecule has 4 heterocycles. The van der Waals surface area contributed by atoms with Crippen molar-refractivity contribution >= 4 is 40.3 Å². The number of halogens is 1. The molecular weight excluding hydrogens is 1000 g/mol. The summed E-state index contributed by atoms with van der Waals surface area (Å²) in [6.07, 6.45) is -7.91. The summed E-state index contributed by atoms with van der Waals surface area (Å²) in [7, 11) is 7.11. The number of nitrogens with zero attached hydrogens (tertiary/aromatic N) is 4. The van der Waals surface area contributed by atoms with Crippen molar-refractivity contribution in [3.05, 3.63) is 69.2 Å². The molecule has 0 aliphatic carbocycles. The smallest absolute Gasteiger partial charge is 0.311 e. The molecule has 3 N–H and O–H groups in total. The fourth-order valence-electron chi connectivity index (χ4n) is 12.2. The van der Waals surface area contributed by atoms with Gasteiger partial charge in [-0.3, -0.25) is 19.0 Å². The second kappa shape index (κ2) is 24.5. The lowest BCUT2D eigenvalue weighted by atomic mass is 9.77. The first-order chi connectivity index (χ1) is 35.5. The Bertz CT molecular complexity index is 2500. The molecule has 424 valence electrons. The third kappa shape index (κ3) is 13.2. The summed E-state index contributed by atoms with van der Waals surface area (Å²) in [5.74, 6) is -3.41. The molecule has 6 rings (SSSR count). The molecule has 0 saturated carbocycles. The molecular formula is C57H85ClN4O14. The van der Waals surface area contributed by atoms with Crippen LogP contribution in [0.15, 0.2) is 47.6 Å². The number of carbonyl (C=O) groups is 3. The fourth-order valence-corrected chi connectivity index (χ4v) is 12.3. The number of cyclic esters (lactones) is 1. The number of aliphatic hydroxyl groups is 3. The number of hydrogen-bond acceptors (Lipinski definition) is 17. The van der Waals surface area contributed by atoms with Gasteiger partial charge in [0.25, 0.3) is 5.91 Å². The number of fused-ring (bicyclic) bond motifs is 1. The Morgan fingerprint density at radius 1 is 0.947 bits per heavy atom. The molecule has 3 aliphatic heterocycles. The number of methoxy groups -OCH3 is 1. The second-order valence-corrected chi connectivity index (χ2v) is 23.9. The van der Waals surface area contributed by atoms with E-state index in [1.165, 1.54) is 6.92 Å². The van der Waals surface area contributed by atoms with Gasteiger partial charge < -0.3 is 58.3 Å². The Labute approximate surface area is 453 Å². The summed E-state index contributed by atoms with van der Waals surface area (Å²) in [4.78, 5) is 60.1. The van der Waals surface area contributed by atoms with Crippen molar-refractivity contribution in [1.29, 1.82) is 0 Å². The minimum absolute atomic E-state index is 0.124.